The third-order valence-corrected chi connectivity index (χ3v) is 6.17. The molecule has 5 rings (SSSR count). The van der Waals surface area contributed by atoms with Crippen molar-refractivity contribution in [3.8, 4) is 11.3 Å². The minimum absolute atomic E-state index is 0.137. The summed E-state index contributed by atoms with van der Waals surface area (Å²) in [6, 6.07) is 16.4. The number of hydrogen-bond acceptors (Lipinski definition) is 5. The third-order valence-electron chi connectivity index (χ3n) is 6.17. The maximum Gasteiger partial charge on any atom is 0.414 e. The van der Waals surface area contributed by atoms with Gasteiger partial charge in [0.25, 0.3) is 0 Å². The highest BCUT2D eigenvalue weighted by molar-refractivity contribution is 5.90. The quantitative estimate of drug-likeness (QED) is 0.538. The molecule has 0 bridgehead atoms. The second kappa shape index (κ2) is 8.97. The molecular weight excluding hydrogens is 418 g/mol. The number of nitrogens with zero attached hydrogens (tertiary/aromatic N) is 2. The molecule has 2 amide bonds. The van der Waals surface area contributed by atoms with E-state index in [0.717, 1.165) is 48.6 Å². The van der Waals surface area contributed by atoms with Crippen LogP contribution in [-0.2, 0) is 28.9 Å². The van der Waals surface area contributed by atoms with Gasteiger partial charge in [0, 0.05) is 30.3 Å². The van der Waals surface area contributed by atoms with Crippen LogP contribution < -0.4 is 15.5 Å². The number of fused-ring (bicyclic) bond motifs is 3. The largest absolute Gasteiger partial charge is 0.442 e. The second-order valence-electron chi connectivity index (χ2n) is 8.51. The molecule has 2 aromatic carbocycles. The molecule has 170 valence electrons. The number of hydrogen-bond donors (Lipinski definition) is 3. The smallest absolute Gasteiger partial charge is 0.414 e. The van der Waals surface area contributed by atoms with Crippen LogP contribution in [0, 0.1) is 0 Å². The number of rotatable bonds is 6. The number of cyclic esters (lactones) is 1. The molecule has 1 aliphatic heterocycles. The summed E-state index contributed by atoms with van der Waals surface area (Å²) >= 11 is 0. The van der Waals surface area contributed by atoms with E-state index in [9.17, 15) is 9.59 Å². The van der Waals surface area contributed by atoms with Crippen molar-refractivity contribution in [2.45, 2.75) is 38.8 Å². The van der Waals surface area contributed by atoms with Gasteiger partial charge in [-0.15, -0.1) is 0 Å². The zero-order chi connectivity index (χ0) is 22.8. The number of ether oxygens (including phenoxy) is 1. The van der Waals surface area contributed by atoms with Crippen LogP contribution in [0.1, 0.15) is 30.0 Å². The molecule has 2 heterocycles. The summed E-state index contributed by atoms with van der Waals surface area (Å²) in [5.41, 5.74) is 6.57. The molecule has 0 saturated carbocycles. The van der Waals surface area contributed by atoms with E-state index in [1.165, 1.54) is 23.6 Å². The Labute approximate surface area is 192 Å². The monoisotopic (exact) mass is 445 g/mol. The summed E-state index contributed by atoms with van der Waals surface area (Å²) in [6.45, 7) is 2.91. The van der Waals surface area contributed by atoms with E-state index >= 15 is 0 Å². The summed E-state index contributed by atoms with van der Waals surface area (Å²) in [5, 5.41) is 14.0. The van der Waals surface area contributed by atoms with Crippen LogP contribution in [0.25, 0.3) is 11.3 Å². The van der Waals surface area contributed by atoms with Gasteiger partial charge in [0.1, 0.15) is 6.10 Å². The zero-order valence-electron chi connectivity index (χ0n) is 18.6. The van der Waals surface area contributed by atoms with E-state index in [2.05, 4.69) is 45.1 Å². The van der Waals surface area contributed by atoms with Crippen molar-refractivity contribution in [3.63, 3.8) is 0 Å². The molecule has 1 unspecified atom stereocenters. The fourth-order valence-corrected chi connectivity index (χ4v) is 4.51. The number of nitrogens with one attached hydrogen (secondary N) is 3. The molecule has 8 heteroatoms. The predicted octanol–water partition coefficient (Wildman–Crippen LogP) is 3.64. The topological polar surface area (TPSA) is 99.4 Å². The normalized spacial score (nSPS) is 17.1. The first-order chi connectivity index (χ1) is 16.1. The van der Waals surface area contributed by atoms with Gasteiger partial charge in [-0.3, -0.25) is 14.8 Å². The highest BCUT2D eigenvalue weighted by Gasteiger charge is 2.33. The van der Waals surface area contributed by atoms with Crippen molar-refractivity contribution in [2.75, 3.05) is 23.3 Å². The first-order valence-corrected chi connectivity index (χ1v) is 11.3. The number of aromatic amines is 1. The average Bonchev–Trinajstić information content (AvgIpc) is 3.34. The van der Waals surface area contributed by atoms with Crippen LogP contribution >= 0.6 is 0 Å². The van der Waals surface area contributed by atoms with E-state index in [0.29, 0.717) is 13.1 Å². The Kier molecular flexibility index (Phi) is 5.73. The molecule has 1 fully saturated rings. The van der Waals surface area contributed by atoms with E-state index in [4.69, 9.17) is 4.74 Å². The Morgan fingerprint density at radius 1 is 1.21 bits per heavy atom. The molecule has 8 nitrogen and oxygen atoms in total. The summed E-state index contributed by atoms with van der Waals surface area (Å²) in [5.74, 6) is 0.761. The molecule has 3 aromatic rings. The van der Waals surface area contributed by atoms with Crippen LogP contribution in [-0.4, -0.2) is 41.4 Å². The average molecular weight is 446 g/mol. The van der Waals surface area contributed by atoms with Gasteiger partial charge >= 0.3 is 6.09 Å². The van der Waals surface area contributed by atoms with Gasteiger partial charge in [-0.1, -0.05) is 36.4 Å². The highest BCUT2D eigenvalue weighted by Crippen LogP contribution is 2.37. The van der Waals surface area contributed by atoms with Crippen LogP contribution in [0.15, 0.2) is 48.5 Å². The van der Waals surface area contributed by atoms with Crippen LogP contribution in [0.2, 0.25) is 0 Å². The van der Waals surface area contributed by atoms with Gasteiger partial charge in [0.05, 0.1) is 18.8 Å². The first-order valence-electron chi connectivity index (χ1n) is 11.3. The van der Waals surface area contributed by atoms with Crippen molar-refractivity contribution < 1.29 is 14.3 Å². The maximum atomic E-state index is 12.4. The molecule has 1 atom stereocenters. The van der Waals surface area contributed by atoms with Crippen molar-refractivity contribution in [2.24, 2.45) is 0 Å². The summed E-state index contributed by atoms with van der Waals surface area (Å²) in [7, 11) is 0. The van der Waals surface area contributed by atoms with Gasteiger partial charge < -0.3 is 15.4 Å². The molecule has 1 saturated heterocycles. The van der Waals surface area contributed by atoms with Gasteiger partial charge in [0.2, 0.25) is 5.91 Å². The lowest BCUT2D eigenvalue weighted by Crippen LogP contribution is -2.33. The molecule has 2 aliphatic rings. The van der Waals surface area contributed by atoms with E-state index in [1.807, 2.05) is 24.3 Å². The molecular formula is C25H27N5O3. The number of carbonyl (C=O) groups is 2. The SMILES string of the molecule is CC(=O)NCC1CN(c2ccc3c(c2)CCCc2c(NCc4ccccc4)n[nH]c2-3)C(=O)O1. The minimum Gasteiger partial charge on any atom is -0.442 e. The van der Waals surface area contributed by atoms with Crippen LogP contribution in [0.5, 0.6) is 0 Å². The third kappa shape index (κ3) is 4.41. The van der Waals surface area contributed by atoms with Gasteiger partial charge in [-0.2, -0.15) is 5.10 Å². The Balaban J connectivity index is 1.35. The number of H-pyrrole nitrogens is 1. The predicted molar refractivity (Wildman–Crippen MR) is 126 cm³/mol. The first kappa shape index (κ1) is 21.1. The van der Waals surface area contributed by atoms with Gasteiger partial charge in [-0.05, 0) is 42.5 Å². The molecule has 0 radical (unpaired) electrons. The number of aromatic nitrogens is 2. The van der Waals surface area contributed by atoms with Gasteiger partial charge in [-0.25, -0.2) is 4.79 Å². The van der Waals surface area contributed by atoms with Crippen molar-refractivity contribution in [1.29, 1.82) is 0 Å². The van der Waals surface area contributed by atoms with Crippen molar-refractivity contribution >= 4 is 23.5 Å². The summed E-state index contributed by atoms with van der Waals surface area (Å²) in [6.07, 6.45) is 2.12. The number of anilines is 2. The highest BCUT2D eigenvalue weighted by atomic mass is 16.6. The minimum atomic E-state index is -0.381. The van der Waals surface area contributed by atoms with Crippen LogP contribution in [0.4, 0.5) is 16.3 Å². The number of aryl methyl sites for hydroxylation is 1. The van der Waals surface area contributed by atoms with Gasteiger partial charge in [0.15, 0.2) is 5.82 Å². The van der Waals surface area contributed by atoms with Crippen molar-refractivity contribution in [3.05, 3.63) is 65.2 Å². The second-order valence-corrected chi connectivity index (χ2v) is 8.51. The molecule has 0 spiro atoms. The zero-order valence-corrected chi connectivity index (χ0v) is 18.6. The number of carbonyl (C=O) groups excluding carboxylic acids is 2. The molecule has 1 aromatic heterocycles. The van der Waals surface area contributed by atoms with Crippen molar-refractivity contribution in [1.82, 2.24) is 15.5 Å². The van der Waals surface area contributed by atoms with Crippen LogP contribution in [0.3, 0.4) is 0 Å². The standard InChI is InChI=1S/C25H27N5O3/c1-16(31)26-14-20-15-30(25(32)33-20)19-10-11-21-18(12-19)8-5-9-22-23(21)28-29-24(22)27-13-17-6-3-2-4-7-17/h2-4,6-7,10-12,20H,5,8-9,13-15H2,1H3,(H,26,31)(H2,27,28,29). The maximum absolute atomic E-state index is 12.4. The molecule has 3 N–H and O–H groups in total. The van der Waals surface area contributed by atoms with E-state index in [1.54, 1.807) is 4.90 Å². The Morgan fingerprint density at radius 3 is 2.88 bits per heavy atom. The Morgan fingerprint density at radius 2 is 2.06 bits per heavy atom. The van der Waals surface area contributed by atoms with E-state index < -0.39 is 0 Å². The molecule has 33 heavy (non-hydrogen) atoms. The lowest BCUT2D eigenvalue weighted by molar-refractivity contribution is -0.119. The number of amides is 2. The summed E-state index contributed by atoms with van der Waals surface area (Å²) < 4.78 is 5.42. The Bertz CT molecular complexity index is 1170. The lowest BCUT2D eigenvalue weighted by atomic mass is 10.0. The fraction of sp³-hybridized carbons (Fsp3) is 0.320. The Hall–Kier alpha value is -3.81. The lowest BCUT2D eigenvalue weighted by Gasteiger charge is -2.16. The number of benzene rings is 2. The fourth-order valence-electron chi connectivity index (χ4n) is 4.51. The summed E-state index contributed by atoms with van der Waals surface area (Å²) in [4.78, 5) is 25.2. The van der Waals surface area contributed by atoms with E-state index in [-0.39, 0.29) is 18.1 Å². The molecule has 1 aliphatic carbocycles.